The van der Waals surface area contributed by atoms with Gasteiger partial charge in [0, 0.05) is 29.7 Å². The van der Waals surface area contributed by atoms with Gasteiger partial charge in [0.05, 0.1) is 0 Å². The second-order valence-corrected chi connectivity index (χ2v) is 5.89. The second kappa shape index (κ2) is 5.40. The maximum Gasteiger partial charge on any atom is 0.270 e. The summed E-state index contributed by atoms with van der Waals surface area (Å²) in [6, 6.07) is 1.80. The third kappa shape index (κ3) is 2.63. The van der Waals surface area contributed by atoms with E-state index in [4.69, 9.17) is 4.52 Å². The summed E-state index contributed by atoms with van der Waals surface area (Å²) in [6.07, 6.45) is 3.48. The first-order valence-corrected chi connectivity index (χ1v) is 7.36. The van der Waals surface area contributed by atoms with Gasteiger partial charge in [0.2, 0.25) is 5.89 Å². The first kappa shape index (κ1) is 13.4. The number of hydrogen-bond acceptors (Lipinski definition) is 4. The van der Waals surface area contributed by atoms with Crippen LogP contribution in [-0.4, -0.2) is 39.0 Å². The fraction of sp³-hybridized carbons (Fsp3) is 0.462. The highest BCUT2D eigenvalue weighted by Crippen LogP contribution is 2.27. The molecule has 0 spiro atoms. The van der Waals surface area contributed by atoms with Crippen LogP contribution < -0.4 is 0 Å². The van der Waals surface area contributed by atoms with Gasteiger partial charge in [-0.25, -0.2) is 0 Å². The lowest BCUT2D eigenvalue weighted by Gasteiger charge is -2.30. The molecule has 1 aliphatic rings. The van der Waals surface area contributed by atoms with Crippen LogP contribution in [-0.2, 0) is 0 Å². The third-order valence-corrected chi connectivity index (χ3v) is 4.01. The quantitative estimate of drug-likeness (QED) is 0.912. The Hall–Kier alpha value is -1.63. The number of amides is 1. The molecule has 1 N–H and O–H groups in total. The van der Waals surface area contributed by atoms with E-state index in [0.717, 1.165) is 17.3 Å². The summed E-state index contributed by atoms with van der Waals surface area (Å²) in [5.41, 5.74) is 0.615. The Bertz CT molecular complexity index is 613. The molecule has 0 radical (unpaired) electrons. The van der Waals surface area contributed by atoms with Crippen molar-refractivity contribution in [2.24, 2.45) is 0 Å². The average molecular weight is 339 g/mol. The number of aromatic nitrogens is 3. The molecule has 6 nitrogen and oxygen atoms in total. The first-order valence-electron chi connectivity index (χ1n) is 6.57. The molecule has 106 valence electrons. The van der Waals surface area contributed by atoms with Crippen molar-refractivity contribution in [3.05, 3.63) is 34.1 Å². The van der Waals surface area contributed by atoms with Crippen molar-refractivity contribution in [1.29, 1.82) is 0 Å². The van der Waals surface area contributed by atoms with Crippen LogP contribution in [0.15, 0.2) is 21.3 Å². The van der Waals surface area contributed by atoms with Crippen molar-refractivity contribution in [3.8, 4) is 0 Å². The predicted octanol–water partition coefficient (Wildman–Crippen LogP) is 2.49. The number of piperidine rings is 1. The summed E-state index contributed by atoms with van der Waals surface area (Å²) in [5.74, 6) is 1.65. The fourth-order valence-electron chi connectivity index (χ4n) is 2.47. The summed E-state index contributed by atoms with van der Waals surface area (Å²) in [4.78, 5) is 21.4. The number of H-pyrrole nitrogens is 1. The Morgan fingerprint density at radius 1 is 1.50 bits per heavy atom. The van der Waals surface area contributed by atoms with Crippen molar-refractivity contribution in [1.82, 2.24) is 20.0 Å². The van der Waals surface area contributed by atoms with Crippen molar-refractivity contribution in [2.45, 2.75) is 25.7 Å². The molecule has 0 aromatic carbocycles. The highest BCUT2D eigenvalue weighted by atomic mass is 79.9. The van der Waals surface area contributed by atoms with E-state index < -0.39 is 0 Å². The Balaban J connectivity index is 1.62. The number of aryl methyl sites for hydroxylation is 1. The van der Waals surface area contributed by atoms with Gasteiger partial charge in [-0.2, -0.15) is 4.98 Å². The maximum absolute atomic E-state index is 12.3. The van der Waals surface area contributed by atoms with E-state index >= 15 is 0 Å². The molecule has 1 saturated heterocycles. The predicted molar refractivity (Wildman–Crippen MR) is 75.4 cm³/mol. The molecule has 1 fully saturated rings. The van der Waals surface area contributed by atoms with Gasteiger partial charge in [0.15, 0.2) is 5.82 Å². The van der Waals surface area contributed by atoms with Gasteiger partial charge in [0.25, 0.3) is 5.91 Å². The minimum absolute atomic E-state index is 0.0378. The highest BCUT2D eigenvalue weighted by molar-refractivity contribution is 9.10. The zero-order valence-corrected chi connectivity index (χ0v) is 12.7. The number of hydrogen-bond donors (Lipinski definition) is 1. The van der Waals surface area contributed by atoms with E-state index in [0.29, 0.717) is 30.5 Å². The average Bonchev–Trinajstić information content (AvgIpc) is 3.07. The molecular weight excluding hydrogens is 324 g/mol. The van der Waals surface area contributed by atoms with Crippen molar-refractivity contribution < 1.29 is 9.32 Å². The van der Waals surface area contributed by atoms with E-state index in [-0.39, 0.29) is 11.8 Å². The van der Waals surface area contributed by atoms with Gasteiger partial charge in [-0.05, 0) is 41.8 Å². The van der Waals surface area contributed by atoms with Crippen LogP contribution in [0.2, 0.25) is 0 Å². The molecule has 0 atom stereocenters. The van der Waals surface area contributed by atoms with Gasteiger partial charge < -0.3 is 14.4 Å². The normalized spacial score (nSPS) is 16.6. The van der Waals surface area contributed by atoms with Gasteiger partial charge in [-0.3, -0.25) is 4.79 Å². The fourth-order valence-corrected chi connectivity index (χ4v) is 2.81. The van der Waals surface area contributed by atoms with E-state index in [1.54, 1.807) is 12.3 Å². The van der Waals surface area contributed by atoms with Gasteiger partial charge in [-0.1, -0.05) is 5.16 Å². The van der Waals surface area contributed by atoms with Crippen LogP contribution in [0.4, 0.5) is 0 Å². The van der Waals surface area contributed by atoms with Crippen molar-refractivity contribution in [2.75, 3.05) is 13.1 Å². The molecule has 20 heavy (non-hydrogen) atoms. The van der Waals surface area contributed by atoms with Crippen molar-refractivity contribution >= 4 is 21.8 Å². The number of halogens is 1. The molecule has 0 aliphatic carbocycles. The minimum atomic E-state index is 0.0378. The Kier molecular flexibility index (Phi) is 3.60. The standard InChI is InChI=1S/C13H15BrN4O2/c1-8-16-12(20-17-8)9-2-4-18(5-3-9)13(19)11-6-10(14)7-15-11/h6-7,9,15H,2-5H2,1H3. The number of rotatable bonds is 2. The first-order chi connectivity index (χ1) is 9.63. The molecule has 7 heteroatoms. The molecule has 1 amide bonds. The Morgan fingerprint density at radius 2 is 2.25 bits per heavy atom. The number of nitrogens with zero attached hydrogens (tertiary/aromatic N) is 3. The summed E-state index contributed by atoms with van der Waals surface area (Å²) in [6.45, 7) is 3.23. The molecule has 0 saturated carbocycles. The summed E-state index contributed by atoms with van der Waals surface area (Å²) in [7, 11) is 0. The molecule has 3 heterocycles. The molecule has 3 rings (SSSR count). The lowest BCUT2D eigenvalue weighted by molar-refractivity contribution is 0.0699. The molecular formula is C13H15BrN4O2. The summed E-state index contributed by atoms with van der Waals surface area (Å²) < 4.78 is 6.10. The van der Waals surface area contributed by atoms with E-state index in [9.17, 15) is 4.79 Å². The maximum atomic E-state index is 12.3. The smallest absolute Gasteiger partial charge is 0.270 e. The molecule has 2 aromatic heterocycles. The summed E-state index contributed by atoms with van der Waals surface area (Å²) >= 11 is 3.34. The van der Waals surface area contributed by atoms with Crippen LogP contribution in [0.1, 0.15) is 41.0 Å². The molecule has 2 aromatic rings. The van der Waals surface area contributed by atoms with Gasteiger partial charge in [-0.15, -0.1) is 0 Å². The minimum Gasteiger partial charge on any atom is -0.356 e. The third-order valence-electron chi connectivity index (χ3n) is 3.55. The lowest BCUT2D eigenvalue weighted by Crippen LogP contribution is -2.38. The number of likely N-dealkylation sites (tertiary alicyclic amines) is 1. The number of aromatic amines is 1. The highest BCUT2D eigenvalue weighted by Gasteiger charge is 2.28. The van der Waals surface area contributed by atoms with Crippen LogP contribution in [0.3, 0.4) is 0 Å². The zero-order valence-electron chi connectivity index (χ0n) is 11.1. The topological polar surface area (TPSA) is 75.0 Å². The van der Waals surface area contributed by atoms with E-state index in [1.165, 1.54) is 0 Å². The Morgan fingerprint density at radius 3 is 2.80 bits per heavy atom. The van der Waals surface area contributed by atoms with Gasteiger partial charge in [0.1, 0.15) is 5.69 Å². The summed E-state index contributed by atoms with van der Waals surface area (Å²) in [5, 5.41) is 3.82. The zero-order chi connectivity index (χ0) is 14.1. The van der Waals surface area contributed by atoms with Crippen LogP contribution in [0.25, 0.3) is 0 Å². The molecule has 0 bridgehead atoms. The lowest BCUT2D eigenvalue weighted by atomic mass is 9.96. The number of nitrogens with one attached hydrogen (secondary N) is 1. The number of carbonyl (C=O) groups is 1. The van der Waals surface area contributed by atoms with E-state index in [1.807, 2.05) is 11.8 Å². The number of carbonyl (C=O) groups excluding carboxylic acids is 1. The van der Waals surface area contributed by atoms with E-state index in [2.05, 4.69) is 31.1 Å². The second-order valence-electron chi connectivity index (χ2n) is 4.98. The van der Waals surface area contributed by atoms with Gasteiger partial charge >= 0.3 is 0 Å². The largest absolute Gasteiger partial charge is 0.356 e. The SMILES string of the molecule is Cc1noc(C2CCN(C(=O)c3cc(Br)c[nH]3)CC2)n1. The van der Waals surface area contributed by atoms with Crippen LogP contribution in [0, 0.1) is 6.92 Å². The monoisotopic (exact) mass is 338 g/mol. The molecule has 0 unspecified atom stereocenters. The van der Waals surface area contributed by atoms with Crippen molar-refractivity contribution in [3.63, 3.8) is 0 Å². The molecule has 1 aliphatic heterocycles. The Labute approximate surface area is 124 Å². The van der Waals surface area contributed by atoms with Crippen LogP contribution >= 0.6 is 15.9 Å². The van der Waals surface area contributed by atoms with Crippen LogP contribution in [0.5, 0.6) is 0 Å².